The van der Waals surface area contributed by atoms with Gasteiger partial charge >= 0.3 is 0 Å². The Hall–Kier alpha value is -1.49. The molecule has 1 aromatic heterocycles. The number of furan rings is 1. The van der Waals surface area contributed by atoms with E-state index in [9.17, 15) is 4.79 Å². The molecule has 0 fully saturated rings. The SMILES string of the molecule is C#CC(=O)c1c(C)oc(C)c1C. The van der Waals surface area contributed by atoms with Crippen molar-refractivity contribution in [2.45, 2.75) is 20.8 Å². The number of aryl methyl sites for hydroxylation is 2. The van der Waals surface area contributed by atoms with Gasteiger partial charge in [0.1, 0.15) is 11.5 Å². The topological polar surface area (TPSA) is 30.2 Å². The summed E-state index contributed by atoms with van der Waals surface area (Å²) in [6.07, 6.45) is 5.01. The van der Waals surface area contributed by atoms with Gasteiger partial charge in [0.2, 0.25) is 5.78 Å². The molecule has 0 radical (unpaired) electrons. The largest absolute Gasteiger partial charge is 0.466 e. The van der Waals surface area contributed by atoms with E-state index in [0.29, 0.717) is 11.3 Å². The Morgan fingerprint density at radius 1 is 1.33 bits per heavy atom. The third kappa shape index (κ3) is 1.14. The second-order valence-electron chi connectivity index (χ2n) is 2.69. The van der Waals surface area contributed by atoms with Crippen molar-refractivity contribution in [2.75, 3.05) is 0 Å². The van der Waals surface area contributed by atoms with Gasteiger partial charge in [-0.1, -0.05) is 0 Å². The van der Waals surface area contributed by atoms with Crippen LogP contribution in [0.2, 0.25) is 0 Å². The molecule has 1 aromatic rings. The number of hydrogen-bond acceptors (Lipinski definition) is 2. The molecule has 1 heterocycles. The molecule has 12 heavy (non-hydrogen) atoms. The minimum Gasteiger partial charge on any atom is -0.466 e. The van der Waals surface area contributed by atoms with Crippen molar-refractivity contribution in [3.05, 3.63) is 22.6 Å². The number of terminal acetylenes is 1. The van der Waals surface area contributed by atoms with E-state index in [-0.39, 0.29) is 5.78 Å². The molecular weight excluding hydrogens is 152 g/mol. The lowest BCUT2D eigenvalue weighted by Gasteiger charge is -1.90. The van der Waals surface area contributed by atoms with E-state index in [1.165, 1.54) is 0 Å². The highest BCUT2D eigenvalue weighted by Crippen LogP contribution is 2.20. The molecule has 2 heteroatoms. The van der Waals surface area contributed by atoms with E-state index < -0.39 is 0 Å². The summed E-state index contributed by atoms with van der Waals surface area (Å²) < 4.78 is 5.25. The fourth-order valence-corrected chi connectivity index (χ4v) is 1.20. The van der Waals surface area contributed by atoms with Crippen LogP contribution < -0.4 is 0 Å². The second kappa shape index (κ2) is 2.86. The predicted molar refractivity (Wildman–Crippen MR) is 46.1 cm³/mol. The van der Waals surface area contributed by atoms with Crippen molar-refractivity contribution in [3.63, 3.8) is 0 Å². The molecule has 0 saturated heterocycles. The van der Waals surface area contributed by atoms with Gasteiger partial charge in [-0.3, -0.25) is 4.79 Å². The molecule has 0 N–H and O–H groups in total. The zero-order chi connectivity index (χ0) is 9.30. The smallest absolute Gasteiger partial charge is 0.239 e. The number of hydrogen-bond donors (Lipinski definition) is 0. The Kier molecular flexibility index (Phi) is 2.05. The highest BCUT2D eigenvalue weighted by molar-refractivity contribution is 6.10. The van der Waals surface area contributed by atoms with Crippen LogP contribution in [0.25, 0.3) is 0 Å². The molecule has 2 nitrogen and oxygen atoms in total. The average molecular weight is 162 g/mol. The van der Waals surface area contributed by atoms with Crippen LogP contribution >= 0.6 is 0 Å². The average Bonchev–Trinajstić information content (AvgIpc) is 2.26. The van der Waals surface area contributed by atoms with Crippen molar-refractivity contribution >= 4 is 5.78 Å². The van der Waals surface area contributed by atoms with E-state index in [1.807, 2.05) is 13.8 Å². The number of ketones is 1. The number of rotatable bonds is 1. The first kappa shape index (κ1) is 8.61. The molecule has 0 saturated carbocycles. The lowest BCUT2D eigenvalue weighted by Crippen LogP contribution is -1.97. The van der Waals surface area contributed by atoms with Gasteiger partial charge in [-0.2, -0.15) is 0 Å². The zero-order valence-electron chi connectivity index (χ0n) is 7.39. The summed E-state index contributed by atoms with van der Waals surface area (Å²) >= 11 is 0. The van der Waals surface area contributed by atoms with Gasteiger partial charge in [-0.25, -0.2) is 0 Å². The molecule has 1 rings (SSSR count). The maximum absolute atomic E-state index is 11.2. The third-order valence-corrected chi connectivity index (χ3v) is 1.92. The van der Waals surface area contributed by atoms with Crippen LogP contribution in [-0.4, -0.2) is 5.78 Å². The summed E-state index contributed by atoms with van der Waals surface area (Å²) in [7, 11) is 0. The third-order valence-electron chi connectivity index (χ3n) is 1.92. The van der Waals surface area contributed by atoms with E-state index in [1.54, 1.807) is 6.92 Å². The van der Waals surface area contributed by atoms with E-state index in [2.05, 4.69) is 5.92 Å². The van der Waals surface area contributed by atoms with Crippen molar-refractivity contribution < 1.29 is 9.21 Å². The Morgan fingerprint density at radius 2 is 1.92 bits per heavy atom. The molecule has 0 atom stereocenters. The highest BCUT2D eigenvalue weighted by atomic mass is 16.3. The van der Waals surface area contributed by atoms with Gasteiger partial charge in [0.25, 0.3) is 0 Å². The molecule has 0 amide bonds. The van der Waals surface area contributed by atoms with E-state index >= 15 is 0 Å². The summed E-state index contributed by atoms with van der Waals surface area (Å²) in [6, 6.07) is 0. The summed E-state index contributed by atoms with van der Waals surface area (Å²) in [5.74, 6) is 3.13. The molecule has 62 valence electrons. The molecule has 0 aliphatic rings. The maximum Gasteiger partial charge on any atom is 0.239 e. The van der Waals surface area contributed by atoms with Crippen LogP contribution in [0.15, 0.2) is 4.42 Å². The van der Waals surface area contributed by atoms with E-state index in [4.69, 9.17) is 10.8 Å². The maximum atomic E-state index is 11.2. The van der Waals surface area contributed by atoms with Crippen LogP contribution in [0.4, 0.5) is 0 Å². The molecular formula is C10H10O2. The van der Waals surface area contributed by atoms with Crippen molar-refractivity contribution in [2.24, 2.45) is 0 Å². The monoisotopic (exact) mass is 162 g/mol. The van der Waals surface area contributed by atoms with Crippen molar-refractivity contribution in [1.29, 1.82) is 0 Å². The number of carbonyl (C=O) groups is 1. The summed E-state index contributed by atoms with van der Waals surface area (Å²) in [5, 5.41) is 0. The number of Topliss-reactive ketones (excluding diaryl/α,β-unsaturated/α-hetero) is 1. The first-order valence-corrected chi connectivity index (χ1v) is 3.65. The first-order chi connectivity index (χ1) is 5.57. The molecule has 0 unspecified atom stereocenters. The molecule has 0 aliphatic heterocycles. The summed E-state index contributed by atoms with van der Waals surface area (Å²) in [5.41, 5.74) is 1.38. The minimum absolute atomic E-state index is 0.304. The lowest BCUT2D eigenvalue weighted by atomic mass is 10.1. The van der Waals surface area contributed by atoms with Crippen molar-refractivity contribution in [1.82, 2.24) is 0 Å². The molecule has 0 aromatic carbocycles. The van der Waals surface area contributed by atoms with Gasteiger partial charge in [0.15, 0.2) is 0 Å². The minimum atomic E-state index is -0.304. The van der Waals surface area contributed by atoms with Gasteiger partial charge in [0.05, 0.1) is 5.56 Å². The Bertz CT molecular complexity index is 364. The fourth-order valence-electron chi connectivity index (χ4n) is 1.20. The molecule has 0 spiro atoms. The normalized spacial score (nSPS) is 9.50. The van der Waals surface area contributed by atoms with Crippen LogP contribution in [0, 0.1) is 33.1 Å². The van der Waals surface area contributed by atoms with Gasteiger partial charge in [-0.05, 0) is 26.7 Å². The van der Waals surface area contributed by atoms with Gasteiger partial charge in [-0.15, -0.1) is 6.42 Å². The zero-order valence-corrected chi connectivity index (χ0v) is 7.39. The van der Waals surface area contributed by atoms with Gasteiger partial charge in [0, 0.05) is 5.56 Å². The van der Waals surface area contributed by atoms with Crippen LogP contribution in [0.5, 0.6) is 0 Å². The Morgan fingerprint density at radius 3 is 2.25 bits per heavy atom. The first-order valence-electron chi connectivity index (χ1n) is 3.65. The molecule has 0 aliphatic carbocycles. The standard InChI is InChI=1S/C10H10O2/c1-5-9(11)10-6(2)7(3)12-8(10)4/h1H,2-4H3. The highest BCUT2D eigenvalue weighted by Gasteiger charge is 2.15. The number of carbonyl (C=O) groups excluding carboxylic acids is 1. The van der Waals surface area contributed by atoms with E-state index in [0.717, 1.165) is 11.3 Å². The fraction of sp³-hybridized carbons (Fsp3) is 0.300. The van der Waals surface area contributed by atoms with Crippen LogP contribution in [0.1, 0.15) is 27.4 Å². The summed E-state index contributed by atoms with van der Waals surface area (Å²) in [4.78, 5) is 11.2. The quantitative estimate of drug-likeness (QED) is 0.359. The molecule has 0 bridgehead atoms. The second-order valence-corrected chi connectivity index (χ2v) is 2.69. The lowest BCUT2D eigenvalue weighted by molar-refractivity contribution is 0.105. The van der Waals surface area contributed by atoms with Crippen LogP contribution in [-0.2, 0) is 0 Å². The predicted octanol–water partition coefficient (Wildman–Crippen LogP) is 2.02. The van der Waals surface area contributed by atoms with Crippen molar-refractivity contribution in [3.8, 4) is 12.3 Å². The van der Waals surface area contributed by atoms with Crippen LogP contribution in [0.3, 0.4) is 0 Å². The summed E-state index contributed by atoms with van der Waals surface area (Å²) in [6.45, 7) is 5.39. The van der Waals surface area contributed by atoms with Gasteiger partial charge < -0.3 is 4.42 Å². The Labute approximate surface area is 71.6 Å². The Balaban J connectivity index is 3.34.